The molecule has 1 heterocycles. The fourth-order valence-electron chi connectivity index (χ4n) is 2.27. The zero-order chi connectivity index (χ0) is 19.1. The van der Waals surface area contributed by atoms with Crippen LogP contribution in [0.2, 0.25) is 0 Å². The van der Waals surface area contributed by atoms with E-state index < -0.39 is 5.92 Å². The Kier molecular flexibility index (Phi) is 6.48. The van der Waals surface area contributed by atoms with Gasteiger partial charge in [-0.2, -0.15) is 5.10 Å². The van der Waals surface area contributed by atoms with Crippen LogP contribution in [0, 0.1) is 12.8 Å². The molecule has 1 amide bonds. The molecule has 138 valence electrons. The van der Waals surface area contributed by atoms with Gasteiger partial charge in [0.2, 0.25) is 5.91 Å². The van der Waals surface area contributed by atoms with Gasteiger partial charge in [-0.05, 0) is 25.1 Å². The molecule has 0 bridgehead atoms. The number of methoxy groups -OCH3 is 2. The molecule has 2 aromatic rings. The number of nitrogens with zero attached hydrogens (tertiary/aromatic N) is 2. The van der Waals surface area contributed by atoms with Crippen LogP contribution in [-0.2, 0) is 4.79 Å². The summed E-state index contributed by atoms with van der Waals surface area (Å²) in [5, 5.41) is 3.87. The number of aromatic nitrogens is 2. The lowest BCUT2D eigenvalue weighted by Crippen LogP contribution is -2.26. The minimum Gasteiger partial charge on any atom is -0.493 e. The van der Waals surface area contributed by atoms with E-state index >= 15 is 0 Å². The molecule has 1 atom stereocenters. The van der Waals surface area contributed by atoms with Gasteiger partial charge in [0.1, 0.15) is 5.69 Å². The molecule has 0 radical (unpaired) electrons. The summed E-state index contributed by atoms with van der Waals surface area (Å²) < 4.78 is 10.3. The van der Waals surface area contributed by atoms with Gasteiger partial charge in [0, 0.05) is 23.6 Å². The Labute approximate surface area is 151 Å². The predicted octanol–water partition coefficient (Wildman–Crippen LogP) is 2.09. The molecule has 8 heteroatoms. The average Bonchev–Trinajstić information content (AvgIpc) is 3.05. The Morgan fingerprint density at radius 2 is 2.04 bits per heavy atom. The highest BCUT2D eigenvalue weighted by atomic mass is 16.5. The molecule has 2 rings (SSSR count). The molecule has 0 fully saturated rings. The van der Waals surface area contributed by atoms with E-state index in [9.17, 15) is 9.59 Å². The number of amides is 1. The minimum atomic E-state index is -0.534. The lowest BCUT2D eigenvalue weighted by atomic mass is 9.99. The van der Waals surface area contributed by atoms with Gasteiger partial charge < -0.3 is 14.5 Å². The highest BCUT2D eigenvalue weighted by Gasteiger charge is 2.19. The summed E-state index contributed by atoms with van der Waals surface area (Å²) in [5.41, 5.74) is 4.37. The van der Waals surface area contributed by atoms with Gasteiger partial charge >= 0.3 is 0 Å². The lowest BCUT2D eigenvalue weighted by Gasteiger charge is -2.11. The van der Waals surface area contributed by atoms with Crippen molar-refractivity contribution < 1.29 is 19.1 Å². The molecule has 8 nitrogen and oxygen atoms in total. The van der Waals surface area contributed by atoms with E-state index in [1.54, 1.807) is 31.5 Å². The number of benzene rings is 1. The molecule has 0 spiro atoms. The molecule has 1 aromatic heterocycles. The maximum absolute atomic E-state index is 12.4. The number of imidazole rings is 1. The number of carbonyl (C=O) groups excluding carboxylic acids is 2. The monoisotopic (exact) mass is 358 g/mol. The highest BCUT2D eigenvalue weighted by molar-refractivity contribution is 5.99. The summed E-state index contributed by atoms with van der Waals surface area (Å²) in [6, 6.07) is 4.91. The molecule has 0 aliphatic carbocycles. The van der Waals surface area contributed by atoms with Crippen molar-refractivity contribution in [1.29, 1.82) is 0 Å². The quantitative estimate of drug-likeness (QED) is 0.427. The summed E-state index contributed by atoms with van der Waals surface area (Å²) in [4.78, 5) is 31.5. The number of rotatable bonds is 8. The summed E-state index contributed by atoms with van der Waals surface area (Å²) in [7, 11) is 3.03. The van der Waals surface area contributed by atoms with Gasteiger partial charge in [0.25, 0.3) is 0 Å². The number of carbonyl (C=O) groups is 2. The van der Waals surface area contributed by atoms with E-state index in [1.807, 2.05) is 6.92 Å². The molecule has 0 unspecified atom stereocenters. The number of H-pyrrole nitrogens is 1. The molecule has 0 saturated carbocycles. The Bertz CT molecular complexity index is 813. The van der Waals surface area contributed by atoms with Crippen LogP contribution in [0.3, 0.4) is 0 Å². The Balaban J connectivity index is 1.94. The second kappa shape index (κ2) is 8.80. The number of hydrazone groups is 1. The third-order valence-electron chi connectivity index (χ3n) is 3.88. The first kappa shape index (κ1) is 19.2. The SMILES string of the molecule is COc1ccc(C(=O)C[C@@H](C)C(=O)N/N=C/c2nc[nH]c2C)cc1OC. The van der Waals surface area contributed by atoms with Crippen molar-refractivity contribution in [1.82, 2.24) is 15.4 Å². The van der Waals surface area contributed by atoms with Crippen LogP contribution in [-0.4, -0.2) is 42.1 Å². The Morgan fingerprint density at radius 3 is 2.65 bits per heavy atom. The highest BCUT2D eigenvalue weighted by Crippen LogP contribution is 2.28. The molecule has 0 aliphatic rings. The zero-order valence-electron chi connectivity index (χ0n) is 15.2. The van der Waals surface area contributed by atoms with Crippen molar-refractivity contribution in [2.24, 2.45) is 11.0 Å². The number of ether oxygens (including phenoxy) is 2. The third kappa shape index (κ3) is 4.69. The Morgan fingerprint density at radius 1 is 1.31 bits per heavy atom. The molecule has 0 saturated heterocycles. The standard InChI is InChI=1S/C18H22N4O4/c1-11(18(24)22-21-9-14-12(2)19-10-20-14)7-15(23)13-5-6-16(25-3)17(8-13)26-4/h5-6,8-11H,7H2,1-4H3,(H,19,20)(H,22,24)/b21-9+/t11-/m1/s1. The maximum atomic E-state index is 12.4. The Hall–Kier alpha value is -3.16. The molecular weight excluding hydrogens is 336 g/mol. The number of aromatic amines is 1. The van der Waals surface area contributed by atoms with E-state index in [0.29, 0.717) is 22.8 Å². The number of nitrogens with one attached hydrogen (secondary N) is 2. The smallest absolute Gasteiger partial charge is 0.243 e. The van der Waals surface area contributed by atoms with Gasteiger partial charge in [-0.1, -0.05) is 6.92 Å². The molecule has 1 aromatic carbocycles. The van der Waals surface area contributed by atoms with Crippen LogP contribution < -0.4 is 14.9 Å². The normalized spacial score (nSPS) is 12.0. The molecule has 2 N–H and O–H groups in total. The topological polar surface area (TPSA) is 106 Å². The van der Waals surface area contributed by atoms with Crippen molar-refractivity contribution >= 4 is 17.9 Å². The second-order valence-corrected chi connectivity index (χ2v) is 5.75. The number of Topliss-reactive ketones (excluding diaryl/α,β-unsaturated/α-hetero) is 1. The number of hydrogen-bond acceptors (Lipinski definition) is 6. The van der Waals surface area contributed by atoms with Crippen LogP contribution in [0.5, 0.6) is 11.5 Å². The zero-order valence-corrected chi connectivity index (χ0v) is 15.2. The molecular formula is C18H22N4O4. The first-order chi connectivity index (χ1) is 12.5. The fraction of sp³-hybridized carbons (Fsp3) is 0.333. The summed E-state index contributed by atoms with van der Waals surface area (Å²) in [6.45, 7) is 3.52. The van der Waals surface area contributed by atoms with Gasteiger partial charge in [-0.15, -0.1) is 0 Å². The van der Waals surface area contributed by atoms with Crippen molar-refractivity contribution in [3.05, 3.63) is 41.5 Å². The van der Waals surface area contributed by atoms with Gasteiger partial charge in [-0.3, -0.25) is 9.59 Å². The van der Waals surface area contributed by atoms with E-state index in [-0.39, 0.29) is 18.1 Å². The van der Waals surface area contributed by atoms with Crippen LogP contribution in [0.15, 0.2) is 29.6 Å². The fourth-order valence-corrected chi connectivity index (χ4v) is 2.27. The molecule has 26 heavy (non-hydrogen) atoms. The van der Waals surface area contributed by atoms with Crippen molar-refractivity contribution in [2.45, 2.75) is 20.3 Å². The van der Waals surface area contributed by atoms with Crippen LogP contribution in [0.4, 0.5) is 0 Å². The maximum Gasteiger partial charge on any atom is 0.243 e. The lowest BCUT2D eigenvalue weighted by molar-refractivity contribution is -0.124. The van der Waals surface area contributed by atoms with E-state index in [2.05, 4.69) is 20.5 Å². The summed E-state index contributed by atoms with van der Waals surface area (Å²) in [5.74, 6) is -0.0377. The van der Waals surface area contributed by atoms with Gasteiger partial charge in [0.05, 0.1) is 26.8 Å². The van der Waals surface area contributed by atoms with Crippen LogP contribution >= 0.6 is 0 Å². The van der Waals surface area contributed by atoms with Crippen molar-refractivity contribution in [3.8, 4) is 11.5 Å². The van der Waals surface area contributed by atoms with E-state index in [1.165, 1.54) is 20.4 Å². The first-order valence-corrected chi connectivity index (χ1v) is 8.04. The second-order valence-electron chi connectivity index (χ2n) is 5.75. The van der Waals surface area contributed by atoms with Gasteiger partial charge in [0.15, 0.2) is 17.3 Å². The number of hydrogen-bond donors (Lipinski definition) is 2. The third-order valence-corrected chi connectivity index (χ3v) is 3.88. The van der Waals surface area contributed by atoms with E-state index in [0.717, 1.165) is 5.69 Å². The summed E-state index contributed by atoms with van der Waals surface area (Å²) in [6.07, 6.45) is 3.05. The first-order valence-electron chi connectivity index (χ1n) is 8.04. The number of ketones is 1. The number of aryl methyl sites for hydroxylation is 1. The van der Waals surface area contributed by atoms with Crippen LogP contribution in [0.25, 0.3) is 0 Å². The largest absolute Gasteiger partial charge is 0.493 e. The average molecular weight is 358 g/mol. The van der Waals surface area contributed by atoms with E-state index in [4.69, 9.17) is 9.47 Å². The van der Waals surface area contributed by atoms with Crippen molar-refractivity contribution in [3.63, 3.8) is 0 Å². The van der Waals surface area contributed by atoms with Gasteiger partial charge in [-0.25, -0.2) is 10.4 Å². The van der Waals surface area contributed by atoms with Crippen LogP contribution in [0.1, 0.15) is 35.1 Å². The minimum absolute atomic E-state index is 0.0538. The molecule has 0 aliphatic heterocycles. The predicted molar refractivity (Wildman–Crippen MR) is 96.7 cm³/mol. The summed E-state index contributed by atoms with van der Waals surface area (Å²) >= 11 is 0. The van der Waals surface area contributed by atoms with Crippen molar-refractivity contribution in [2.75, 3.05) is 14.2 Å².